The Kier molecular flexibility index (Phi) is 3.93. The molecular weight excluding hydrogens is 266 g/mol. The molecule has 1 aromatic heterocycles. The second-order valence-corrected chi connectivity index (χ2v) is 4.68. The highest BCUT2D eigenvalue weighted by molar-refractivity contribution is 7.99. The fourth-order valence-corrected chi connectivity index (χ4v) is 2.35. The van der Waals surface area contributed by atoms with Gasteiger partial charge in [0.25, 0.3) is 0 Å². The number of nitrogens with one attached hydrogen (secondary N) is 1. The van der Waals surface area contributed by atoms with Crippen LogP contribution in [0.1, 0.15) is 5.56 Å². The number of hydrazine groups is 1. The minimum Gasteiger partial charge on any atom is -0.292 e. The van der Waals surface area contributed by atoms with Crippen molar-refractivity contribution in [3.8, 4) is 0 Å². The van der Waals surface area contributed by atoms with Crippen molar-refractivity contribution in [1.29, 1.82) is 0 Å². The van der Waals surface area contributed by atoms with E-state index in [1.165, 1.54) is 11.8 Å². The topological polar surface area (TPSA) is 107 Å². The third-order valence-electron chi connectivity index (χ3n) is 2.36. The number of hydrogen-bond acceptors (Lipinski definition) is 7. The highest BCUT2D eigenvalue weighted by Gasteiger charge is 2.18. The van der Waals surface area contributed by atoms with Gasteiger partial charge in [-0.3, -0.25) is 15.5 Å². The molecule has 98 valence electrons. The summed E-state index contributed by atoms with van der Waals surface area (Å²) in [6.45, 7) is 1.93. The van der Waals surface area contributed by atoms with Gasteiger partial charge in [0.1, 0.15) is 6.20 Å². The molecule has 3 N–H and O–H groups in total. The SMILES string of the molecule is Cc1ccccc1Sc1nc(NN)ncc1[N+](=O)[O-]. The van der Waals surface area contributed by atoms with Gasteiger partial charge in [-0.05, 0) is 18.6 Å². The number of anilines is 1. The van der Waals surface area contributed by atoms with E-state index in [-0.39, 0.29) is 16.7 Å². The van der Waals surface area contributed by atoms with Crippen molar-refractivity contribution in [3.63, 3.8) is 0 Å². The molecular formula is C11H11N5O2S. The Hall–Kier alpha value is -2.19. The number of aryl methyl sites for hydroxylation is 1. The van der Waals surface area contributed by atoms with Crippen LogP contribution in [-0.2, 0) is 0 Å². The second kappa shape index (κ2) is 5.63. The Morgan fingerprint density at radius 2 is 2.16 bits per heavy atom. The summed E-state index contributed by atoms with van der Waals surface area (Å²) in [5, 5.41) is 11.2. The molecule has 0 aliphatic rings. The minimum absolute atomic E-state index is 0.140. The van der Waals surface area contributed by atoms with Crippen LogP contribution in [-0.4, -0.2) is 14.9 Å². The summed E-state index contributed by atoms with van der Waals surface area (Å²) in [5.41, 5.74) is 3.15. The molecule has 0 aliphatic heterocycles. The maximum atomic E-state index is 11.0. The zero-order valence-corrected chi connectivity index (χ0v) is 10.8. The van der Waals surface area contributed by atoms with Crippen molar-refractivity contribution < 1.29 is 4.92 Å². The van der Waals surface area contributed by atoms with E-state index in [2.05, 4.69) is 15.4 Å². The van der Waals surface area contributed by atoms with Gasteiger partial charge in [0.05, 0.1) is 4.92 Å². The summed E-state index contributed by atoms with van der Waals surface area (Å²) in [6, 6.07) is 7.57. The molecule has 0 radical (unpaired) electrons. The van der Waals surface area contributed by atoms with Gasteiger partial charge in [-0.2, -0.15) is 4.98 Å². The fourth-order valence-electron chi connectivity index (χ4n) is 1.40. The average molecular weight is 277 g/mol. The van der Waals surface area contributed by atoms with Gasteiger partial charge < -0.3 is 0 Å². The number of rotatable bonds is 4. The quantitative estimate of drug-likeness (QED) is 0.381. The van der Waals surface area contributed by atoms with Gasteiger partial charge in [-0.25, -0.2) is 10.8 Å². The third kappa shape index (κ3) is 2.98. The Balaban J connectivity index is 2.43. The van der Waals surface area contributed by atoms with E-state index in [0.29, 0.717) is 0 Å². The van der Waals surface area contributed by atoms with Gasteiger partial charge >= 0.3 is 5.69 Å². The lowest BCUT2D eigenvalue weighted by Crippen LogP contribution is -2.11. The normalized spacial score (nSPS) is 10.2. The second-order valence-electron chi connectivity index (χ2n) is 3.65. The molecule has 0 aliphatic carbocycles. The first-order valence-corrected chi connectivity index (χ1v) is 6.15. The third-order valence-corrected chi connectivity index (χ3v) is 3.53. The molecule has 0 amide bonds. The Labute approximate surface area is 113 Å². The Morgan fingerprint density at radius 1 is 1.42 bits per heavy atom. The summed E-state index contributed by atoms with van der Waals surface area (Å²) in [4.78, 5) is 19.1. The molecule has 0 spiro atoms. The number of nitro groups is 1. The molecule has 0 saturated heterocycles. The molecule has 0 fully saturated rings. The largest absolute Gasteiger partial charge is 0.320 e. The fraction of sp³-hybridized carbons (Fsp3) is 0.0909. The van der Waals surface area contributed by atoms with Gasteiger partial charge in [0.15, 0.2) is 5.03 Å². The van der Waals surface area contributed by atoms with Crippen molar-refractivity contribution in [1.82, 2.24) is 9.97 Å². The zero-order valence-electron chi connectivity index (χ0n) is 10.0. The molecule has 7 nitrogen and oxygen atoms in total. The predicted octanol–water partition coefficient (Wildman–Crippen LogP) is 2.13. The highest BCUT2D eigenvalue weighted by Crippen LogP contribution is 2.34. The summed E-state index contributed by atoms with van der Waals surface area (Å²) < 4.78 is 0. The molecule has 19 heavy (non-hydrogen) atoms. The van der Waals surface area contributed by atoms with Gasteiger partial charge in [0.2, 0.25) is 5.95 Å². The van der Waals surface area contributed by atoms with Crippen molar-refractivity contribution in [3.05, 3.63) is 46.1 Å². The first-order chi connectivity index (χ1) is 9.11. The smallest absolute Gasteiger partial charge is 0.292 e. The molecule has 1 aromatic carbocycles. The van der Waals surface area contributed by atoms with Crippen LogP contribution < -0.4 is 11.3 Å². The van der Waals surface area contributed by atoms with Crippen LogP contribution in [0.3, 0.4) is 0 Å². The number of benzene rings is 1. The minimum atomic E-state index is -0.513. The van der Waals surface area contributed by atoms with E-state index < -0.39 is 4.92 Å². The number of aromatic nitrogens is 2. The molecule has 0 unspecified atom stereocenters. The number of nitrogens with two attached hydrogens (primary N) is 1. The molecule has 0 bridgehead atoms. The number of nitrogen functional groups attached to an aromatic ring is 1. The first kappa shape index (κ1) is 13.2. The van der Waals surface area contributed by atoms with Crippen LogP contribution in [0.4, 0.5) is 11.6 Å². The average Bonchev–Trinajstić information content (AvgIpc) is 2.41. The molecule has 0 saturated carbocycles. The van der Waals surface area contributed by atoms with E-state index >= 15 is 0 Å². The highest BCUT2D eigenvalue weighted by atomic mass is 32.2. The Morgan fingerprint density at radius 3 is 2.79 bits per heavy atom. The summed E-state index contributed by atoms with van der Waals surface area (Å²) in [6.07, 6.45) is 1.14. The van der Waals surface area contributed by atoms with Crippen molar-refractivity contribution >= 4 is 23.4 Å². The van der Waals surface area contributed by atoms with Gasteiger partial charge in [0, 0.05) is 4.90 Å². The monoisotopic (exact) mass is 277 g/mol. The van der Waals surface area contributed by atoms with Crippen LogP contribution >= 0.6 is 11.8 Å². The predicted molar refractivity (Wildman–Crippen MR) is 71.8 cm³/mol. The van der Waals surface area contributed by atoms with E-state index in [1.807, 2.05) is 31.2 Å². The standard InChI is InChI=1S/C11H11N5O2S/c1-7-4-2-3-5-9(7)19-10-8(16(17)18)6-13-11(14-10)15-12/h2-6H,12H2,1H3,(H,13,14,15). The summed E-state index contributed by atoms with van der Waals surface area (Å²) in [5.74, 6) is 5.35. The van der Waals surface area contributed by atoms with Gasteiger partial charge in [-0.15, -0.1) is 0 Å². The summed E-state index contributed by atoms with van der Waals surface area (Å²) >= 11 is 1.21. The lowest BCUT2D eigenvalue weighted by Gasteiger charge is -2.06. The van der Waals surface area contributed by atoms with Crippen LogP contribution in [0.2, 0.25) is 0 Å². The van der Waals surface area contributed by atoms with Crippen LogP contribution in [0.15, 0.2) is 40.4 Å². The van der Waals surface area contributed by atoms with E-state index in [0.717, 1.165) is 16.7 Å². The maximum Gasteiger partial charge on any atom is 0.320 e. The summed E-state index contributed by atoms with van der Waals surface area (Å²) in [7, 11) is 0. The zero-order chi connectivity index (χ0) is 13.8. The van der Waals surface area contributed by atoms with E-state index in [4.69, 9.17) is 5.84 Å². The van der Waals surface area contributed by atoms with E-state index in [1.54, 1.807) is 0 Å². The van der Waals surface area contributed by atoms with Crippen LogP contribution in [0.25, 0.3) is 0 Å². The van der Waals surface area contributed by atoms with Crippen LogP contribution in [0.5, 0.6) is 0 Å². The first-order valence-electron chi connectivity index (χ1n) is 5.33. The molecule has 2 aromatic rings. The molecule has 0 atom stereocenters. The lowest BCUT2D eigenvalue weighted by atomic mass is 10.2. The lowest BCUT2D eigenvalue weighted by molar-refractivity contribution is -0.388. The molecule has 8 heteroatoms. The van der Waals surface area contributed by atoms with Crippen molar-refractivity contribution in [2.24, 2.45) is 5.84 Å². The van der Waals surface area contributed by atoms with Crippen LogP contribution in [0, 0.1) is 17.0 Å². The maximum absolute atomic E-state index is 11.0. The van der Waals surface area contributed by atoms with Gasteiger partial charge in [-0.1, -0.05) is 30.0 Å². The Bertz CT molecular complexity index is 620. The molecule has 1 heterocycles. The molecule has 2 rings (SSSR count). The number of hydrogen-bond donors (Lipinski definition) is 2. The van der Waals surface area contributed by atoms with Crippen molar-refractivity contribution in [2.45, 2.75) is 16.8 Å². The number of nitrogens with zero attached hydrogens (tertiary/aromatic N) is 3. The van der Waals surface area contributed by atoms with Crippen molar-refractivity contribution in [2.75, 3.05) is 5.43 Å². The van der Waals surface area contributed by atoms with E-state index in [9.17, 15) is 10.1 Å².